The van der Waals surface area contributed by atoms with Gasteiger partial charge in [0.05, 0.1) is 16.7 Å². The predicted molar refractivity (Wildman–Crippen MR) is 102 cm³/mol. The van der Waals surface area contributed by atoms with Gasteiger partial charge in [0.2, 0.25) is 0 Å². The average molecular weight is 417 g/mol. The van der Waals surface area contributed by atoms with Gasteiger partial charge in [-0.2, -0.15) is 5.10 Å². The number of hydrogen-bond donors (Lipinski definition) is 1. The van der Waals surface area contributed by atoms with E-state index in [-0.39, 0.29) is 17.8 Å². The third-order valence-corrected chi connectivity index (χ3v) is 4.73. The van der Waals surface area contributed by atoms with Gasteiger partial charge in [-0.25, -0.2) is 9.80 Å². The molecule has 2 aromatic carbocycles. The lowest BCUT2D eigenvalue weighted by Crippen LogP contribution is -2.41. The van der Waals surface area contributed by atoms with Gasteiger partial charge in [0.25, 0.3) is 5.69 Å². The molecule has 1 aliphatic rings. The summed E-state index contributed by atoms with van der Waals surface area (Å²) in [6.45, 7) is 1.93. The lowest BCUT2D eigenvalue weighted by Gasteiger charge is -2.22. The number of nitro benzene ring substituents is 1. The zero-order valence-corrected chi connectivity index (χ0v) is 15.9. The number of rotatable bonds is 2. The molecule has 0 aliphatic carbocycles. The smallest absolute Gasteiger partial charge is 0.337 e. The molecule has 1 N–H and O–H groups in total. The van der Waals surface area contributed by atoms with E-state index in [1.165, 1.54) is 17.1 Å². The van der Waals surface area contributed by atoms with E-state index in [0.29, 0.717) is 17.7 Å². The Morgan fingerprint density at radius 1 is 1.31 bits per heavy atom. The molecule has 0 bridgehead atoms. The van der Waals surface area contributed by atoms with Crippen LogP contribution in [0.5, 0.6) is 0 Å². The molecule has 2 aromatic rings. The Bertz CT molecular complexity index is 896. The van der Waals surface area contributed by atoms with E-state index in [4.69, 9.17) is 0 Å². The van der Waals surface area contributed by atoms with Gasteiger partial charge in [-0.05, 0) is 43.2 Å². The van der Waals surface area contributed by atoms with Crippen LogP contribution in [-0.4, -0.2) is 34.8 Å². The van der Waals surface area contributed by atoms with Crippen LogP contribution >= 0.6 is 15.9 Å². The highest BCUT2D eigenvalue weighted by atomic mass is 79.9. The van der Waals surface area contributed by atoms with Gasteiger partial charge in [0.15, 0.2) is 0 Å². The van der Waals surface area contributed by atoms with Crippen molar-refractivity contribution in [1.82, 2.24) is 10.3 Å². The number of carbonyl (C=O) groups is 1. The van der Waals surface area contributed by atoms with E-state index in [0.717, 1.165) is 15.6 Å². The molecule has 0 saturated carbocycles. The summed E-state index contributed by atoms with van der Waals surface area (Å²) in [6, 6.07) is 11.7. The van der Waals surface area contributed by atoms with E-state index in [1.54, 1.807) is 19.2 Å². The Morgan fingerprint density at radius 3 is 2.62 bits per heavy atom. The molecule has 0 saturated heterocycles. The van der Waals surface area contributed by atoms with E-state index < -0.39 is 4.92 Å². The number of urea groups is 1. The summed E-state index contributed by atoms with van der Waals surface area (Å²) in [4.78, 5) is 22.8. The predicted octanol–water partition coefficient (Wildman–Crippen LogP) is 3.70. The monoisotopic (exact) mass is 416 g/mol. The van der Waals surface area contributed by atoms with Gasteiger partial charge < -0.3 is 5.32 Å². The number of hydrogen-bond acceptors (Lipinski definition) is 4. The number of fused-ring (bicyclic) bond motifs is 1. The number of nitrogens with one attached hydrogen (secondary N) is 1. The first kappa shape index (κ1) is 18.1. The Kier molecular flexibility index (Phi) is 5.03. The minimum atomic E-state index is -0.442. The number of amides is 2. The summed E-state index contributed by atoms with van der Waals surface area (Å²) in [7, 11) is 1.56. The standard InChI is InChI=1S/C18H17BrN4O3/c1-11-9-13-3-6-14(19)10-16(13)17(21-22(11)18(24)20-2)12-4-7-15(8-5-12)23(25)26/h3-8,10-11H,9H2,1-2H3,(H,20,24). The average Bonchev–Trinajstić information content (AvgIpc) is 2.77. The van der Waals surface area contributed by atoms with Crippen LogP contribution in [0.1, 0.15) is 23.6 Å². The van der Waals surface area contributed by atoms with Crippen LogP contribution in [0.2, 0.25) is 0 Å². The fourth-order valence-electron chi connectivity index (χ4n) is 2.93. The van der Waals surface area contributed by atoms with E-state index >= 15 is 0 Å². The number of carbonyl (C=O) groups excluding carboxylic acids is 1. The summed E-state index contributed by atoms with van der Waals surface area (Å²) in [5, 5.41) is 19.5. The molecule has 0 fully saturated rings. The van der Waals surface area contributed by atoms with Crippen molar-refractivity contribution >= 4 is 33.4 Å². The van der Waals surface area contributed by atoms with Crippen LogP contribution in [0.3, 0.4) is 0 Å². The third-order valence-electron chi connectivity index (χ3n) is 4.24. The highest BCUT2D eigenvalue weighted by Gasteiger charge is 2.27. The summed E-state index contributed by atoms with van der Waals surface area (Å²) < 4.78 is 0.895. The topological polar surface area (TPSA) is 87.8 Å². The fourth-order valence-corrected chi connectivity index (χ4v) is 3.29. The third kappa shape index (κ3) is 3.45. The van der Waals surface area contributed by atoms with E-state index in [1.807, 2.05) is 25.1 Å². The molecule has 1 atom stereocenters. The maximum absolute atomic E-state index is 12.3. The van der Waals surface area contributed by atoms with Crippen LogP contribution < -0.4 is 5.32 Å². The second kappa shape index (κ2) is 7.25. The number of halogens is 1. The van der Waals surface area contributed by atoms with Crippen molar-refractivity contribution in [3.05, 3.63) is 73.7 Å². The maximum Gasteiger partial charge on any atom is 0.337 e. The minimum Gasteiger partial charge on any atom is -0.340 e. The zero-order valence-electron chi connectivity index (χ0n) is 14.3. The Hall–Kier alpha value is -2.74. The molecule has 134 valence electrons. The van der Waals surface area contributed by atoms with E-state index in [9.17, 15) is 14.9 Å². The largest absolute Gasteiger partial charge is 0.340 e. The molecule has 1 unspecified atom stereocenters. The number of hydrazone groups is 1. The van der Waals surface area contributed by atoms with Crippen LogP contribution in [0.4, 0.5) is 10.5 Å². The van der Waals surface area contributed by atoms with Gasteiger partial charge in [0, 0.05) is 34.8 Å². The van der Waals surface area contributed by atoms with Crippen molar-refractivity contribution in [2.75, 3.05) is 7.05 Å². The second-order valence-corrected chi connectivity index (χ2v) is 6.92. The van der Waals surface area contributed by atoms with Crippen molar-refractivity contribution in [1.29, 1.82) is 0 Å². The molecule has 2 amide bonds. The Morgan fingerprint density at radius 2 is 2.00 bits per heavy atom. The molecule has 7 nitrogen and oxygen atoms in total. The summed E-state index contributed by atoms with van der Waals surface area (Å²) >= 11 is 3.48. The Balaban J connectivity index is 2.17. The molecule has 0 aromatic heterocycles. The molecule has 1 aliphatic heterocycles. The summed E-state index contributed by atoms with van der Waals surface area (Å²) in [6.07, 6.45) is 0.649. The van der Waals surface area contributed by atoms with Crippen molar-refractivity contribution in [2.24, 2.45) is 5.10 Å². The number of benzene rings is 2. The number of nitrogens with zero attached hydrogens (tertiary/aromatic N) is 3. The summed E-state index contributed by atoms with van der Waals surface area (Å²) in [5.74, 6) is 0. The lowest BCUT2D eigenvalue weighted by molar-refractivity contribution is -0.384. The van der Waals surface area contributed by atoms with Crippen molar-refractivity contribution in [3.63, 3.8) is 0 Å². The van der Waals surface area contributed by atoms with Gasteiger partial charge in [-0.1, -0.05) is 22.0 Å². The Labute approximate surface area is 159 Å². The van der Waals surface area contributed by atoms with Crippen molar-refractivity contribution < 1.29 is 9.72 Å². The maximum atomic E-state index is 12.3. The van der Waals surface area contributed by atoms with Gasteiger partial charge in [-0.3, -0.25) is 10.1 Å². The van der Waals surface area contributed by atoms with E-state index in [2.05, 4.69) is 26.3 Å². The van der Waals surface area contributed by atoms with Gasteiger partial charge >= 0.3 is 6.03 Å². The van der Waals surface area contributed by atoms with Crippen molar-refractivity contribution in [3.8, 4) is 0 Å². The second-order valence-electron chi connectivity index (χ2n) is 6.01. The minimum absolute atomic E-state index is 0.00830. The normalized spacial score (nSPS) is 16.3. The van der Waals surface area contributed by atoms with Crippen LogP contribution in [0.15, 0.2) is 52.0 Å². The fraction of sp³-hybridized carbons (Fsp3) is 0.222. The molecular formula is C18H17BrN4O3. The van der Waals surface area contributed by atoms with Crippen molar-refractivity contribution in [2.45, 2.75) is 19.4 Å². The zero-order chi connectivity index (χ0) is 18.8. The first-order valence-electron chi connectivity index (χ1n) is 8.04. The van der Waals surface area contributed by atoms with Crippen LogP contribution in [0, 0.1) is 10.1 Å². The van der Waals surface area contributed by atoms with Gasteiger partial charge in [0.1, 0.15) is 0 Å². The molecule has 3 rings (SSSR count). The van der Waals surface area contributed by atoms with Gasteiger partial charge in [-0.15, -0.1) is 0 Å². The van der Waals surface area contributed by atoms with Crippen LogP contribution in [-0.2, 0) is 6.42 Å². The SMILES string of the molecule is CNC(=O)N1N=C(c2ccc([N+](=O)[O-])cc2)c2cc(Br)ccc2CC1C. The molecule has 1 heterocycles. The lowest BCUT2D eigenvalue weighted by atomic mass is 9.95. The molecule has 0 spiro atoms. The highest BCUT2D eigenvalue weighted by molar-refractivity contribution is 9.10. The first-order valence-corrected chi connectivity index (χ1v) is 8.83. The molecule has 8 heteroatoms. The number of nitro groups is 1. The number of non-ortho nitro benzene ring substituents is 1. The molecule has 26 heavy (non-hydrogen) atoms. The molecule has 0 radical (unpaired) electrons. The first-order chi connectivity index (χ1) is 12.4. The highest BCUT2D eigenvalue weighted by Crippen LogP contribution is 2.27. The van der Waals surface area contributed by atoms with Crippen LogP contribution in [0.25, 0.3) is 0 Å². The molecular weight excluding hydrogens is 400 g/mol. The quantitative estimate of drug-likeness (QED) is 0.597. The summed E-state index contributed by atoms with van der Waals surface area (Å²) in [5.41, 5.74) is 3.27.